The molecule has 0 aromatic carbocycles. The summed E-state index contributed by atoms with van der Waals surface area (Å²) >= 11 is 5.93. The van der Waals surface area contributed by atoms with Crippen molar-refractivity contribution in [3.05, 3.63) is 23.0 Å². The first-order valence-corrected chi connectivity index (χ1v) is 7.80. The van der Waals surface area contributed by atoms with Gasteiger partial charge in [0.25, 0.3) is 5.91 Å². The number of hydrogen-bond donors (Lipinski definition) is 0. The van der Waals surface area contributed by atoms with Crippen molar-refractivity contribution in [2.75, 3.05) is 13.1 Å². The van der Waals surface area contributed by atoms with Crippen LogP contribution in [0.25, 0.3) is 0 Å². The van der Waals surface area contributed by atoms with Gasteiger partial charge in [-0.1, -0.05) is 18.5 Å². The van der Waals surface area contributed by atoms with Crippen molar-refractivity contribution < 1.29 is 14.3 Å². The van der Waals surface area contributed by atoms with Gasteiger partial charge in [0.15, 0.2) is 0 Å². The zero-order valence-corrected chi connectivity index (χ0v) is 14.5. The summed E-state index contributed by atoms with van der Waals surface area (Å²) in [6.45, 7) is 8.45. The minimum atomic E-state index is -0.514. The maximum Gasteiger partial charge on any atom is 0.311 e. The topological polar surface area (TPSA) is 51.5 Å². The fourth-order valence-corrected chi connectivity index (χ4v) is 2.97. The molecule has 2 rings (SSSR count). The summed E-state index contributed by atoms with van der Waals surface area (Å²) < 4.78 is 7.15. The molecule has 1 aromatic rings. The molecule has 0 spiro atoms. The Morgan fingerprint density at radius 3 is 2.45 bits per heavy atom. The van der Waals surface area contributed by atoms with Crippen molar-refractivity contribution in [2.45, 2.75) is 33.3 Å². The maximum atomic E-state index is 12.6. The minimum absolute atomic E-state index is 0.0783. The standard InChI is InChI=1S/C16H23ClN2O3/c1-10-7-19(9-12(10)15(21)22-16(2,3)4)14(20)13-6-11(17)8-18(13)5/h6,8,10,12H,7,9H2,1-5H3/t10-,12-/m1/s1. The minimum Gasteiger partial charge on any atom is -0.460 e. The molecule has 0 bridgehead atoms. The van der Waals surface area contributed by atoms with E-state index in [9.17, 15) is 9.59 Å². The van der Waals surface area contributed by atoms with E-state index in [1.54, 1.807) is 28.8 Å². The number of aromatic nitrogens is 1. The number of amides is 1. The third-order valence-electron chi connectivity index (χ3n) is 3.80. The first kappa shape index (κ1) is 16.9. The number of aryl methyl sites for hydroxylation is 1. The molecule has 1 aliphatic rings. The van der Waals surface area contributed by atoms with E-state index in [-0.39, 0.29) is 23.7 Å². The molecule has 0 unspecified atom stereocenters. The van der Waals surface area contributed by atoms with Crippen molar-refractivity contribution in [1.82, 2.24) is 9.47 Å². The highest BCUT2D eigenvalue weighted by molar-refractivity contribution is 6.31. The molecule has 0 saturated carbocycles. The van der Waals surface area contributed by atoms with Gasteiger partial charge in [-0.05, 0) is 32.8 Å². The van der Waals surface area contributed by atoms with E-state index in [4.69, 9.17) is 16.3 Å². The van der Waals surface area contributed by atoms with Gasteiger partial charge >= 0.3 is 5.97 Å². The summed E-state index contributed by atoms with van der Waals surface area (Å²) in [7, 11) is 1.78. The molecule has 0 N–H and O–H groups in total. The largest absolute Gasteiger partial charge is 0.460 e. The van der Waals surface area contributed by atoms with Crippen LogP contribution in [0.1, 0.15) is 38.2 Å². The van der Waals surface area contributed by atoms with E-state index in [0.29, 0.717) is 23.8 Å². The lowest BCUT2D eigenvalue weighted by Gasteiger charge is -2.23. The molecule has 0 aliphatic carbocycles. The molecular formula is C16H23ClN2O3. The Hall–Kier alpha value is -1.49. The zero-order valence-electron chi connectivity index (χ0n) is 13.7. The van der Waals surface area contributed by atoms with Gasteiger partial charge < -0.3 is 14.2 Å². The number of carbonyl (C=O) groups is 2. The normalized spacial score (nSPS) is 22.0. The fraction of sp³-hybridized carbons (Fsp3) is 0.625. The number of esters is 1. The lowest BCUT2D eigenvalue weighted by Crippen LogP contribution is -2.33. The van der Waals surface area contributed by atoms with Gasteiger partial charge in [-0.3, -0.25) is 9.59 Å². The molecular weight excluding hydrogens is 304 g/mol. The van der Waals surface area contributed by atoms with Crippen molar-refractivity contribution in [2.24, 2.45) is 18.9 Å². The van der Waals surface area contributed by atoms with Crippen LogP contribution in [-0.4, -0.2) is 40.0 Å². The second kappa shape index (κ2) is 5.95. The SMILES string of the molecule is C[C@@H]1CN(C(=O)c2cc(Cl)cn2C)C[C@H]1C(=O)OC(C)(C)C. The number of nitrogens with zero attached hydrogens (tertiary/aromatic N) is 2. The summed E-state index contributed by atoms with van der Waals surface area (Å²) in [5.41, 5.74) is 0.0157. The predicted molar refractivity (Wildman–Crippen MR) is 84.8 cm³/mol. The zero-order chi connectivity index (χ0) is 16.7. The van der Waals surface area contributed by atoms with Gasteiger partial charge in [0.1, 0.15) is 11.3 Å². The van der Waals surface area contributed by atoms with Crippen LogP contribution in [-0.2, 0) is 16.6 Å². The molecule has 0 radical (unpaired) electrons. The van der Waals surface area contributed by atoms with Crippen LogP contribution < -0.4 is 0 Å². The van der Waals surface area contributed by atoms with Crippen LogP contribution in [0.5, 0.6) is 0 Å². The van der Waals surface area contributed by atoms with Gasteiger partial charge in [0, 0.05) is 26.3 Å². The molecule has 1 amide bonds. The Bertz CT molecular complexity index is 589. The molecule has 1 saturated heterocycles. The Kier molecular flexibility index (Phi) is 4.57. The van der Waals surface area contributed by atoms with Crippen molar-refractivity contribution in [1.29, 1.82) is 0 Å². The summed E-state index contributed by atoms with van der Waals surface area (Å²) in [5.74, 6) is -0.541. The van der Waals surface area contributed by atoms with Crippen LogP contribution in [0, 0.1) is 11.8 Å². The van der Waals surface area contributed by atoms with E-state index in [2.05, 4.69) is 0 Å². The third kappa shape index (κ3) is 3.64. The molecule has 1 fully saturated rings. The highest BCUT2D eigenvalue weighted by Crippen LogP contribution is 2.27. The number of carbonyl (C=O) groups excluding carboxylic acids is 2. The summed E-state index contributed by atoms with van der Waals surface area (Å²) in [4.78, 5) is 26.5. The monoisotopic (exact) mass is 326 g/mol. The van der Waals surface area contributed by atoms with Gasteiger partial charge in [-0.25, -0.2) is 0 Å². The Morgan fingerprint density at radius 1 is 1.32 bits per heavy atom. The van der Waals surface area contributed by atoms with Gasteiger partial charge in [-0.15, -0.1) is 0 Å². The average molecular weight is 327 g/mol. The molecule has 2 heterocycles. The molecule has 1 aromatic heterocycles. The molecule has 1 aliphatic heterocycles. The maximum absolute atomic E-state index is 12.6. The molecule has 5 nitrogen and oxygen atoms in total. The molecule has 122 valence electrons. The summed E-state index contributed by atoms with van der Waals surface area (Å²) in [6.07, 6.45) is 1.69. The van der Waals surface area contributed by atoms with Crippen LogP contribution in [0.4, 0.5) is 0 Å². The van der Waals surface area contributed by atoms with Crippen molar-refractivity contribution in [3.63, 3.8) is 0 Å². The number of rotatable bonds is 2. The van der Waals surface area contributed by atoms with E-state index in [1.165, 1.54) is 0 Å². The quantitative estimate of drug-likeness (QED) is 0.785. The fourth-order valence-electron chi connectivity index (χ4n) is 2.72. The second-order valence-electron chi connectivity index (χ2n) is 6.98. The van der Waals surface area contributed by atoms with Crippen LogP contribution in [0.3, 0.4) is 0 Å². The van der Waals surface area contributed by atoms with Crippen molar-refractivity contribution >= 4 is 23.5 Å². The van der Waals surface area contributed by atoms with Crippen molar-refractivity contribution in [3.8, 4) is 0 Å². The first-order valence-electron chi connectivity index (χ1n) is 7.42. The van der Waals surface area contributed by atoms with E-state index < -0.39 is 5.60 Å². The van der Waals surface area contributed by atoms with E-state index in [0.717, 1.165) is 0 Å². The van der Waals surface area contributed by atoms with E-state index in [1.807, 2.05) is 27.7 Å². The highest BCUT2D eigenvalue weighted by Gasteiger charge is 2.39. The van der Waals surface area contributed by atoms with Crippen LogP contribution in [0.15, 0.2) is 12.3 Å². The summed E-state index contributed by atoms with van der Waals surface area (Å²) in [5, 5.41) is 0.529. The number of halogens is 1. The summed E-state index contributed by atoms with van der Waals surface area (Å²) in [6, 6.07) is 1.65. The lowest BCUT2D eigenvalue weighted by atomic mass is 9.98. The molecule has 2 atom stereocenters. The Labute approximate surface area is 136 Å². The second-order valence-corrected chi connectivity index (χ2v) is 7.42. The van der Waals surface area contributed by atoms with Crippen LogP contribution >= 0.6 is 11.6 Å². The third-order valence-corrected chi connectivity index (χ3v) is 4.01. The number of ether oxygens (including phenoxy) is 1. The number of hydrogen-bond acceptors (Lipinski definition) is 3. The van der Waals surface area contributed by atoms with Gasteiger partial charge in [-0.2, -0.15) is 0 Å². The Morgan fingerprint density at radius 2 is 1.95 bits per heavy atom. The predicted octanol–water partition coefficient (Wildman–Crippen LogP) is 2.73. The van der Waals surface area contributed by atoms with E-state index >= 15 is 0 Å². The van der Waals surface area contributed by atoms with Gasteiger partial charge in [0.2, 0.25) is 0 Å². The smallest absolute Gasteiger partial charge is 0.311 e. The first-order chi connectivity index (χ1) is 10.1. The lowest BCUT2D eigenvalue weighted by molar-refractivity contribution is -0.160. The van der Waals surface area contributed by atoms with Gasteiger partial charge in [0.05, 0.1) is 10.9 Å². The van der Waals surface area contributed by atoms with Crippen LogP contribution in [0.2, 0.25) is 5.02 Å². The Balaban J connectivity index is 2.09. The molecule has 6 heteroatoms. The number of likely N-dealkylation sites (tertiary alicyclic amines) is 1. The average Bonchev–Trinajstić information content (AvgIpc) is 2.89. The molecule has 22 heavy (non-hydrogen) atoms. The highest BCUT2D eigenvalue weighted by atomic mass is 35.5.